The lowest BCUT2D eigenvalue weighted by Gasteiger charge is -2.26. The second kappa shape index (κ2) is 10.5. The molecule has 0 atom stereocenters. The predicted molar refractivity (Wildman–Crippen MR) is 210 cm³/mol. The van der Waals surface area contributed by atoms with Crippen molar-refractivity contribution in [3.8, 4) is 44.5 Å². The lowest BCUT2D eigenvalue weighted by atomic mass is 9.77. The lowest BCUT2D eigenvalue weighted by molar-refractivity contribution is 0.668. The van der Waals surface area contributed by atoms with Gasteiger partial charge < -0.3 is 0 Å². The summed E-state index contributed by atoms with van der Waals surface area (Å²) in [7, 11) is 0. The molecule has 9 aromatic rings. The van der Waals surface area contributed by atoms with Gasteiger partial charge in [-0.3, -0.25) is 0 Å². The quantitative estimate of drug-likeness (QED) is 0.172. The van der Waals surface area contributed by atoms with Gasteiger partial charge in [-0.15, -0.1) is 0 Å². The second-order valence-electron chi connectivity index (χ2n) is 14.0. The molecule has 9 aromatic carbocycles. The van der Waals surface area contributed by atoms with Gasteiger partial charge in [0.15, 0.2) is 0 Å². The van der Waals surface area contributed by atoms with Crippen LogP contribution >= 0.6 is 0 Å². The van der Waals surface area contributed by atoms with Gasteiger partial charge in [0.05, 0.1) is 0 Å². The molecule has 0 amide bonds. The van der Waals surface area contributed by atoms with Crippen molar-refractivity contribution in [1.29, 1.82) is 0 Å². The van der Waals surface area contributed by atoms with E-state index in [1.165, 1.54) is 98.7 Å². The van der Waals surface area contributed by atoms with Gasteiger partial charge in [-0.25, -0.2) is 0 Å². The minimum Gasteiger partial charge on any atom is -0.0616 e. The molecule has 0 nitrogen and oxygen atoms in total. The minimum atomic E-state index is -0.140. The third kappa shape index (κ3) is 4.11. The first kappa shape index (κ1) is 28.1. The second-order valence-corrected chi connectivity index (χ2v) is 14.0. The van der Waals surface area contributed by atoms with Crippen LogP contribution in [-0.4, -0.2) is 0 Å². The molecule has 1 aliphatic rings. The van der Waals surface area contributed by atoms with E-state index in [9.17, 15) is 0 Å². The van der Waals surface area contributed by atoms with Crippen molar-refractivity contribution >= 4 is 43.1 Å². The highest BCUT2D eigenvalue weighted by Gasteiger charge is 2.38. The summed E-state index contributed by atoms with van der Waals surface area (Å²) < 4.78 is 0. The van der Waals surface area contributed by atoms with Crippen LogP contribution in [0, 0.1) is 0 Å². The molecule has 0 aliphatic heterocycles. The average molecular weight is 623 g/mol. The highest BCUT2D eigenvalue weighted by atomic mass is 14.4. The van der Waals surface area contributed by atoms with Crippen molar-refractivity contribution in [1.82, 2.24) is 0 Å². The summed E-state index contributed by atoms with van der Waals surface area (Å²) in [5, 5.41) is 10.3. The predicted octanol–water partition coefficient (Wildman–Crippen LogP) is 13.6. The van der Waals surface area contributed by atoms with Crippen LogP contribution in [0.3, 0.4) is 0 Å². The molecule has 0 radical (unpaired) electrons. The van der Waals surface area contributed by atoms with Gasteiger partial charge in [0.2, 0.25) is 0 Å². The summed E-state index contributed by atoms with van der Waals surface area (Å²) in [6, 6.07) is 63.1. The Balaban J connectivity index is 1.20. The summed E-state index contributed by atoms with van der Waals surface area (Å²) in [6.45, 7) is 4.81. The molecule has 1 aliphatic carbocycles. The first-order valence-electron chi connectivity index (χ1n) is 17.3. The monoisotopic (exact) mass is 622 g/mol. The van der Waals surface area contributed by atoms with Crippen LogP contribution in [-0.2, 0) is 5.41 Å². The number of hydrogen-bond donors (Lipinski definition) is 0. The highest BCUT2D eigenvalue weighted by molar-refractivity contribution is 6.22. The molecule has 0 saturated carbocycles. The van der Waals surface area contributed by atoms with E-state index >= 15 is 0 Å². The van der Waals surface area contributed by atoms with Gasteiger partial charge in [0, 0.05) is 5.41 Å². The Morgan fingerprint density at radius 2 is 0.796 bits per heavy atom. The fourth-order valence-corrected chi connectivity index (χ4v) is 8.92. The zero-order valence-corrected chi connectivity index (χ0v) is 27.7. The van der Waals surface area contributed by atoms with Crippen molar-refractivity contribution in [3.63, 3.8) is 0 Å². The molecular formula is C49H34. The van der Waals surface area contributed by atoms with Crippen LogP contribution < -0.4 is 0 Å². The van der Waals surface area contributed by atoms with Crippen molar-refractivity contribution in [3.05, 3.63) is 181 Å². The molecule has 0 heteroatoms. The molecule has 0 unspecified atom stereocenters. The van der Waals surface area contributed by atoms with Crippen LogP contribution in [0.25, 0.3) is 87.6 Å². The third-order valence-corrected chi connectivity index (χ3v) is 11.0. The van der Waals surface area contributed by atoms with E-state index < -0.39 is 0 Å². The molecular weight excluding hydrogens is 589 g/mol. The highest BCUT2D eigenvalue weighted by Crippen LogP contribution is 2.54. The topological polar surface area (TPSA) is 0 Å². The van der Waals surface area contributed by atoms with E-state index in [1.807, 2.05) is 0 Å². The van der Waals surface area contributed by atoms with Crippen LogP contribution in [0.2, 0.25) is 0 Å². The fraction of sp³-hybridized carbons (Fsp3) is 0.0612. The standard InChI is InChI=1S/C49H34/c1-49(2)47-37-18-6-5-14-32(37)27-28-44(47)43-24-12-23-38(48(43)49)34-16-11-17-35(30-34)45-39-19-7-9-21-41(39)46(42-22-10-8-20-40(42)45)36-26-25-31-13-3-4-15-33(31)29-36/h3-30H,1-2H3. The van der Waals surface area contributed by atoms with E-state index in [0.29, 0.717) is 0 Å². The summed E-state index contributed by atoms with van der Waals surface area (Å²) in [5.41, 5.74) is 13.1. The Morgan fingerprint density at radius 3 is 1.49 bits per heavy atom. The van der Waals surface area contributed by atoms with E-state index in [0.717, 1.165) is 0 Å². The van der Waals surface area contributed by atoms with Gasteiger partial charge >= 0.3 is 0 Å². The molecule has 0 saturated heterocycles. The van der Waals surface area contributed by atoms with E-state index in [1.54, 1.807) is 0 Å². The van der Waals surface area contributed by atoms with Crippen LogP contribution in [0.5, 0.6) is 0 Å². The smallest absolute Gasteiger partial charge is 0.0171 e. The fourth-order valence-electron chi connectivity index (χ4n) is 8.92. The number of fused-ring (bicyclic) bond motifs is 8. The van der Waals surface area contributed by atoms with Gasteiger partial charge in [-0.05, 0) is 111 Å². The maximum Gasteiger partial charge on any atom is 0.0171 e. The van der Waals surface area contributed by atoms with Crippen LogP contribution in [0.15, 0.2) is 170 Å². The van der Waals surface area contributed by atoms with Crippen molar-refractivity contribution in [2.45, 2.75) is 19.3 Å². The number of hydrogen-bond acceptors (Lipinski definition) is 0. The summed E-state index contributed by atoms with van der Waals surface area (Å²) >= 11 is 0. The molecule has 0 heterocycles. The van der Waals surface area contributed by atoms with Crippen LogP contribution in [0.1, 0.15) is 25.0 Å². The zero-order valence-electron chi connectivity index (χ0n) is 27.7. The van der Waals surface area contributed by atoms with Crippen LogP contribution in [0.4, 0.5) is 0 Å². The van der Waals surface area contributed by atoms with Crippen molar-refractivity contribution in [2.24, 2.45) is 0 Å². The molecule has 10 rings (SSSR count). The Morgan fingerprint density at radius 1 is 0.306 bits per heavy atom. The van der Waals surface area contributed by atoms with E-state index in [4.69, 9.17) is 0 Å². The first-order valence-corrected chi connectivity index (χ1v) is 17.3. The van der Waals surface area contributed by atoms with Gasteiger partial charge in [-0.1, -0.05) is 172 Å². The Kier molecular flexibility index (Phi) is 6.02. The Bertz CT molecular complexity index is 2740. The summed E-state index contributed by atoms with van der Waals surface area (Å²) in [4.78, 5) is 0. The Labute approximate surface area is 286 Å². The molecule has 0 N–H and O–H groups in total. The maximum absolute atomic E-state index is 2.43. The molecule has 49 heavy (non-hydrogen) atoms. The summed E-state index contributed by atoms with van der Waals surface area (Å²) in [6.07, 6.45) is 0. The molecule has 0 bridgehead atoms. The third-order valence-electron chi connectivity index (χ3n) is 11.0. The lowest BCUT2D eigenvalue weighted by Crippen LogP contribution is -2.16. The number of rotatable bonds is 3. The summed E-state index contributed by atoms with van der Waals surface area (Å²) in [5.74, 6) is 0. The Hall–Kier alpha value is -5.98. The van der Waals surface area contributed by atoms with E-state index in [2.05, 4.69) is 184 Å². The minimum absolute atomic E-state index is 0.140. The van der Waals surface area contributed by atoms with Crippen molar-refractivity contribution in [2.75, 3.05) is 0 Å². The molecule has 0 spiro atoms. The molecule has 0 fully saturated rings. The first-order chi connectivity index (χ1) is 24.1. The average Bonchev–Trinajstić information content (AvgIpc) is 3.40. The maximum atomic E-state index is 2.43. The SMILES string of the molecule is CC1(C)c2c(-c3cccc(-c4c5ccccc5c(-c5ccc6ccccc6c5)c5ccccc45)c3)cccc2-c2ccc3ccccc3c21. The zero-order chi connectivity index (χ0) is 32.7. The van der Waals surface area contributed by atoms with Gasteiger partial charge in [0.25, 0.3) is 0 Å². The normalized spacial score (nSPS) is 13.3. The molecule has 230 valence electrons. The van der Waals surface area contributed by atoms with Gasteiger partial charge in [-0.2, -0.15) is 0 Å². The number of benzene rings is 9. The van der Waals surface area contributed by atoms with E-state index in [-0.39, 0.29) is 5.41 Å². The molecule has 0 aromatic heterocycles. The van der Waals surface area contributed by atoms with Crippen molar-refractivity contribution < 1.29 is 0 Å². The van der Waals surface area contributed by atoms with Gasteiger partial charge in [0.1, 0.15) is 0 Å². The largest absolute Gasteiger partial charge is 0.0616 e.